The van der Waals surface area contributed by atoms with E-state index >= 15 is 0 Å². The van der Waals surface area contributed by atoms with Gasteiger partial charge in [0.25, 0.3) is 0 Å². The SMILES string of the molecule is Cc1noc(C)c1S(=O)(=O)NCCc1nnc(-c2ccc(F)cc2)o1. The van der Waals surface area contributed by atoms with Crippen LogP contribution in [0, 0.1) is 19.7 Å². The van der Waals surface area contributed by atoms with Crippen molar-refractivity contribution in [1.29, 1.82) is 0 Å². The second-order valence-electron chi connectivity index (χ2n) is 5.31. The Balaban J connectivity index is 1.64. The van der Waals surface area contributed by atoms with Crippen LogP contribution in [0.5, 0.6) is 0 Å². The Kier molecular flexibility index (Phi) is 4.64. The Bertz CT molecular complexity index is 960. The number of nitrogens with zero attached hydrogens (tertiary/aromatic N) is 3. The maximum atomic E-state index is 12.9. The minimum Gasteiger partial charge on any atom is -0.421 e. The topological polar surface area (TPSA) is 111 Å². The van der Waals surface area contributed by atoms with Crippen LogP contribution in [0.3, 0.4) is 0 Å². The summed E-state index contributed by atoms with van der Waals surface area (Å²) in [5.74, 6) is 0.364. The standard InChI is InChI=1S/C15H15FN4O4S/c1-9-14(10(2)24-20-9)25(21,22)17-8-7-13-18-19-15(23-13)11-3-5-12(16)6-4-11/h3-6,17H,7-8H2,1-2H3. The maximum Gasteiger partial charge on any atom is 0.247 e. The van der Waals surface area contributed by atoms with Crippen LogP contribution in [0.1, 0.15) is 17.3 Å². The lowest BCUT2D eigenvalue weighted by Gasteiger charge is -2.04. The number of aryl methyl sites for hydroxylation is 2. The summed E-state index contributed by atoms with van der Waals surface area (Å²) in [5, 5.41) is 11.4. The summed E-state index contributed by atoms with van der Waals surface area (Å²) < 4.78 is 50.2. The Morgan fingerprint density at radius 3 is 2.52 bits per heavy atom. The minimum atomic E-state index is -3.74. The Morgan fingerprint density at radius 2 is 1.88 bits per heavy atom. The molecule has 0 aliphatic rings. The van der Waals surface area contributed by atoms with E-state index in [0.717, 1.165) is 0 Å². The molecule has 2 heterocycles. The fraction of sp³-hybridized carbons (Fsp3) is 0.267. The number of rotatable bonds is 6. The van der Waals surface area contributed by atoms with Gasteiger partial charge in [-0.05, 0) is 38.1 Å². The van der Waals surface area contributed by atoms with Gasteiger partial charge < -0.3 is 8.94 Å². The molecule has 0 aliphatic heterocycles. The molecule has 8 nitrogen and oxygen atoms in total. The second-order valence-corrected chi connectivity index (χ2v) is 7.01. The molecule has 0 radical (unpaired) electrons. The molecule has 0 amide bonds. The molecule has 3 aromatic rings. The van der Waals surface area contributed by atoms with Crippen LogP contribution in [-0.2, 0) is 16.4 Å². The molecule has 0 bridgehead atoms. The van der Waals surface area contributed by atoms with E-state index in [-0.39, 0.29) is 41.2 Å². The van der Waals surface area contributed by atoms with Gasteiger partial charge >= 0.3 is 0 Å². The lowest BCUT2D eigenvalue weighted by atomic mass is 10.2. The third-order valence-corrected chi connectivity index (χ3v) is 5.13. The number of sulfonamides is 1. The zero-order valence-corrected chi connectivity index (χ0v) is 14.3. The lowest BCUT2D eigenvalue weighted by molar-refractivity contribution is 0.390. The normalized spacial score (nSPS) is 11.8. The van der Waals surface area contributed by atoms with Crippen LogP contribution in [-0.4, -0.2) is 30.3 Å². The monoisotopic (exact) mass is 366 g/mol. The first-order valence-corrected chi connectivity index (χ1v) is 8.86. The van der Waals surface area contributed by atoms with Crippen LogP contribution in [0.15, 0.2) is 38.1 Å². The van der Waals surface area contributed by atoms with Crippen molar-refractivity contribution in [3.63, 3.8) is 0 Å². The van der Waals surface area contributed by atoms with Gasteiger partial charge in [0.15, 0.2) is 5.76 Å². The van der Waals surface area contributed by atoms with E-state index in [1.54, 1.807) is 6.92 Å². The van der Waals surface area contributed by atoms with E-state index < -0.39 is 10.0 Å². The number of nitrogens with one attached hydrogen (secondary N) is 1. The number of aromatic nitrogens is 3. The zero-order chi connectivity index (χ0) is 18.0. The van der Waals surface area contributed by atoms with Crippen molar-refractivity contribution in [2.75, 3.05) is 6.54 Å². The van der Waals surface area contributed by atoms with Gasteiger partial charge in [0.1, 0.15) is 16.4 Å². The molecule has 2 aromatic heterocycles. The first kappa shape index (κ1) is 17.2. The summed E-state index contributed by atoms with van der Waals surface area (Å²) >= 11 is 0. The van der Waals surface area contributed by atoms with Crippen molar-refractivity contribution >= 4 is 10.0 Å². The van der Waals surface area contributed by atoms with Gasteiger partial charge in [-0.3, -0.25) is 0 Å². The van der Waals surface area contributed by atoms with Crippen molar-refractivity contribution in [3.8, 4) is 11.5 Å². The van der Waals surface area contributed by atoms with Gasteiger partial charge in [-0.2, -0.15) is 0 Å². The van der Waals surface area contributed by atoms with Crippen molar-refractivity contribution in [2.24, 2.45) is 0 Å². The van der Waals surface area contributed by atoms with Gasteiger partial charge in [0, 0.05) is 18.5 Å². The van der Waals surface area contributed by atoms with Crippen LogP contribution in [0.4, 0.5) is 4.39 Å². The molecule has 3 rings (SSSR count). The molecule has 0 aliphatic carbocycles. The van der Waals surface area contributed by atoms with E-state index in [0.29, 0.717) is 11.3 Å². The zero-order valence-electron chi connectivity index (χ0n) is 13.5. The predicted octanol–water partition coefficient (Wildman–Crippen LogP) is 2.00. The van der Waals surface area contributed by atoms with Gasteiger partial charge in [-0.25, -0.2) is 17.5 Å². The highest BCUT2D eigenvalue weighted by Gasteiger charge is 2.23. The van der Waals surface area contributed by atoms with Crippen molar-refractivity contribution in [1.82, 2.24) is 20.1 Å². The third kappa shape index (κ3) is 3.74. The number of hydrogen-bond acceptors (Lipinski definition) is 7. The largest absolute Gasteiger partial charge is 0.421 e. The minimum absolute atomic E-state index is 0.0324. The summed E-state index contributed by atoms with van der Waals surface area (Å²) in [6, 6.07) is 5.62. The van der Waals surface area contributed by atoms with E-state index in [9.17, 15) is 12.8 Å². The fourth-order valence-electron chi connectivity index (χ4n) is 2.29. The lowest BCUT2D eigenvalue weighted by Crippen LogP contribution is -2.26. The van der Waals surface area contributed by atoms with E-state index in [1.807, 2.05) is 0 Å². The van der Waals surface area contributed by atoms with Crippen LogP contribution in [0.25, 0.3) is 11.5 Å². The Morgan fingerprint density at radius 1 is 1.16 bits per heavy atom. The van der Waals surface area contributed by atoms with Crippen molar-refractivity contribution < 1.29 is 21.7 Å². The van der Waals surface area contributed by atoms with Gasteiger partial charge in [0.2, 0.25) is 21.8 Å². The Hall–Kier alpha value is -2.59. The summed E-state index contributed by atoms with van der Waals surface area (Å²) in [6.45, 7) is 3.15. The summed E-state index contributed by atoms with van der Waals surface area (Å²) in [4.78, 5) is 0.0324. The molecule has 0 saturated carbocycles. The highest BCUT2D eigenvalue weighted by Crippen LogP contribution is 2.19. The fourth-order valence-corrected chi connectivity index (χ4v) is 3.64. The highest BCUT2D eigenvalue weighted by atomic mass is 32.2. The molecule has 1 N–H and O–H groups in total. The second kappa shape index (κ2) is 6.73. The molecule has 0 atom stereocenters. The quantitative estimate of drug-likeness (QED) is 0.710. The molecule has 0 spiro atoms. The van der Waals surface area contributed by atoms with Gasteiger partial charge in [-0.15, -0.1) is 10.2 Å². The maximum absolute atomic E-state index is 12.9. The molecule has 10 heteroatoms. The van der Waals surface area contributed by atoms with Gasteiger partial charge in [0.05, 0.1) is 0 Å². The predicted molar refractivity (Wildman–Crippen MR) is 84.6 cm³/mol. The molecular weight excluding hydrogens is 351 g/mol. The van der Waals surface area contributed by atoms with E-state index in [1.165, 1.54) is 31.2 Å². The third-order valence-electron chi connectivity index (χ3n) is 3.43. The summed E-state index contributed by atoms with van der Waals surface area (Å²) in [5.41, 5.74) is 0.873. The molecular formula is C15H15FN4O4S. The highest BCUT2D eigenvalue weighted by molar-refractivity contribution is 7.89. The smallest absolute Gasteiger partial charge is 0.247 e. The van der Waals surface area contributed by atoms with Crippen molar-refractivity contribution in [3.05, 3.63) is 47.4 Å². The average Bonchev–Trinajstić information content (AvgIpc) is 3.15. The van der Waals surface area contributed by atoms with Gasteiger partial charge in [-0.1, -0.05) is 5.16 Å². The van der Waals surface area contributed by atoms with Crippen LogP contribution in [0.2, 0.25) is 0 Å². The molecule has 25 heavy (non-hydrogen) atoms. The molecule has 0 fully saturated rings. The number of benzene rings is 1. The summed E-state index contributed by atoms with van der Waals surface area (Å²) in [6.07, 6.45) is 0.205. The van der Waals surface area contributed by atoms with E-state index in [4.69, 9.17) is 8.94 Å². The molecule has 1 aromatic carbocycles. The number of hydrogen-bond donors (Lipinski definition) is 1. The Labute approximate surface area is 143 Å². The first-order chi connectivity index (χ1) is 11.9. The average molecular weight is 366 g/mol. The molecule has 0 unspecified atom stereocenters. The molecule has 0 saturated heterocycles. The van der Waals surface area contributed by atoms with Crippen LogP contribution >= 0.6 is 0 Å². The van der Waals surface area contributed by atoms with Crippen LogP contribution < -0.4 is 4.72 Å². The first-order valence-electron chi connectivity index (χ1n) is 7.37. The number of halogens is 1. The summed E-state index contributed by atoms with van der Waals surface area (Å²) in [7, 11) is -3.74. The van der Waals surface area contributed by atoms with E-state index in [2.05, 4.69) is 20.1 Å². The van der Waals surface area contributed by atoms with Crippen molar-refractivity contribution in [2.45, 2.75) is 25.2 Å². The molecule has 132 valence electrons.